The lowest BCUT2D eigenvalue weighted by atomic mass is 10.1. The van der Waals surface area contributed by atoms with Gasteiger partial charge in [0.05, 0.1) is 6.21 Å². The van der Waals surface area contributed by atoms with E-state index in [-0.39, 0.29) is 12.5 Å². The van der Waals surface area contributed by atoms with Crippen molar-refractivity contribution in [3.63, 3.8) is 0 Å². The minimum atomic E-state index is -0.330. The molecule has 0 aliphatic rings. The number of carbonyl (C=O) groups excluding carboxylic acids is 1. The first-order chi connectivity index (χ1) is 13.3. The minimum Gasteiger partial charge on any atom is -0.271 e. The van der Waals surface area contributed by atoms with Crippen molar-refractivity contribution in [2.45, 2.75) is 6.54 Å². The van der Waals surface area contributed by atoms with E-state index in [9.17, 15) is 4.79 Å². The van der Waals surface area contributed by atoms with Crippen molar-refractivity contribution in [1.82, 2.24) is 25.6 Å². The first-order valence-corrected chi connectivity index (χ1v) is 8.42. The second kappa shape index (κ2) is 7.57. The largest absolute Gasteiger partial charge is 0.271 e. The molecule has 7 heteroatoms. The van der Waals surface area contributed by atoms with Gasteiger partial charge in [0.1, 0.15) is 6.54 Å². The fourth-order valence-corrected chi connectivity index (χ4v) is 2.71. The van der Waals surface area contributed by atoms with Gasteiger partial charge in [-0.2, -0.15) is 9.90 Å². The van der Waals surface area contributed by atoms with Crippen LogP contribution in [0.1, 0.15) is 5.56 Å². The summed E-state index contributed by atoms with van der Waals surface area (Å²) >= 11 is 0. The number of fused-ring (bicyclic) bond motifs is 1. The van der Waals surface area contributed by atoms with Crippen molar-refractivity contribution >= 4 is 22.9 Å². The summed E-state index contributed by atoms with van der Waals surface area (Å²) in [6.45, 7) is -0.0628. The van der Waals surface area contributed by atoms with Crippen LogP contribution in [0.25, 0.3) is 22.2 Å². The van der Waals surface area contributed by atoms with Crippen LogP contribution < -0.4 is 5.43 Å². The first-order valence-electron chi connectivity index (χ1n) is 8.42. The van der Waals surface area contributed by atoms with Gasteiger partial charge >= 0.3 is 0 Å². The molecule has 27 heavy (non-hydrogen) atoms. The Balaban J connectivity index is 1.40. The highest BCUT2D eigenvalue weighted by atomic mass is 16.2. The third kappa shape index (κ3) is 3.87. The van der Waals surface area contributed by atoms with Crippen LogP contribution in [0.3, 0.4) is 0 Å². The Hall–Kier alpha value is -3.87. The average Bonchev–Trinajstić information content (AvgIpc) is 3.17. The molecular weight excluding hydrogens is 340 g/mol. The van der Waals surface area contributed by atoms with Crippen LogP contribution in [0.15, 0.2) is 77.9 Å². The molecule has 4 rings (SSSR count). The van der Waals surface area contributed by atoms with Crippen LogP contribution in [0.5, 0.6) is 0 Å². The third-order valence-electron chi connectivity index (χ3n) is 3.99. The second-order valence-corrected chi connectivity index (χ2v) is 5.87. The van der Waals surface area contributed by atoms with Crippen LogP contribution in [-0.2, 0) is 11.3 Å². The lowest BCUT2D eigenvalue weighted by Crippen LogP contribution is -2.24. The first kappa shape index (κ1) is 16.6. The number of hydrogen-bond donors (Lipinski definition) is 1. The number of carbonyl (C=O) groups is 1. The molecule has 1 heterocycles. The van der Waals surface area contributed by atoms with Crippen molar-refractivity contribution < 1.29 is 4.79 Å². The normalized spacial score (nSPS) is 11.1. The van der Waals surface area contributed by atoms with E-state index in [1.807, 2.05) is 72.8 Å². The van der Waals surface area contributed by atoms with E-state index in [0.717, 1.165) is 21.9 Å². The van der Waals surface area contributed by atoms with Crippen LogP contribution in [0, 0.1) is 0 Å². The number of tetrazole rings is 1. The average molecular weight is 356 g/mol. The highest BCUT2D eigenvalue weighted by Gasteiger charge is 2.08. The molecule has 7 nitrogen and oxygen atoms in total. The molecule has 0 aliphatic carbocycles. The summed E-state index contributed by atoms with van der Waals surface area (Å²) in [7, 11) is 0. The topological polar surface area (TPSA) is 85.1 Å². The summed E-state index contributed by atoms with van der Waals surface area (Å²) in [6, 6.07) is 23.4. The third-order valence-corrected chi connectivity index (χ3v) is 3.99. The van der Waals surface area contributed by atoms with Crippen molar-refractivity contribution in [1.29, 1.82) is 0 Å². The van der Waals surface area contributed by atoms with Gasteiger partial charge in [-0.3, -0.25) is 4.79 Å². The number of nitrogens with one attached hydrogen (secondary N) is 1. The number of hydrogen-bond acceptors (Lipinski definition) is 5. The fourth-order valence-electron chi connectivity index (χ4n) is 2.71. The predicted molar refractivity (Wildman–Crippen MR) is 103 cm³/mol. The van der Waals surface area contributed by atoms with Gasteiger partial charge in [0, 0.05) is 11.1 Å². The maximum atomic E-state index is 12.1. The van der Waals surface area contributed by atoms with E-state index in [0.29, 0.717) is 5.82 Å². The smallest absolute Gasteiger partial charge is 0.263 e. The van der Waals surface area contributed by atoms with E-state index in [4.69, 9.17) is 0 Å². The van der Waals surface area contributed by atoms with Gasteiger partial charge in [0.25, 0.3) is 5.91 Å². The Morgan fingerprint density at radius 1 is 1.00 bits per heavy atom. The molecule has 0 aliphatic heterocycles. The number of benzene rings is 3. The van der Waals surface area contributed by atoms with Gasteiger partial charge in [-0.15, -0.1) is 10.2 Å². The molecule has 1 amide bonds. The summed E-state index contributed by atoms with van der Waals surface area (Å²) in [5.74, 6) is 0.145. The molecule has 4 aromatic rings. The molecule has 0 saturated heterocycles. The number of hydrazone groups is 1. The van der Waals surface area contributed by atoms with Crippen LogP contribution in [0.4, 0.5) is 0 Å². The van der Waals surface area contributed by atoms with Gasteiger partial charge in [0.2, 0.25) is 5.82 Å². The Morgan fingerprint density at radius 3 is 2.67 bits per heavy atom. The van der Waals surface area contributed by atoms with Crippen molar-refractivity contribution in [2.24, 2.45) is 5.10 Å². The summed E-state index contributed by atoms with van der Waals surface area (Å²) < 4.78 is 0. The molecule has 1 aromatic heterocycles. The predicted octanol–water partition coefficient (Wildman–Crippen LogP) is 2.64. The van der Waals surface area contributed by atoms with E-state index in [2.05, 4.69) is 25.9 Å². The van der Waals surface area contributed by atoms with Crippen molar-refractivity contribution in [2.75, 3.05) is 0 Å². The maximum absolute atomic E-state index is 12.1. The zero-order chi connectivity index (χ0) is 18.5. The van der Waals surface area contributed by atoms with Crippen molar-refractivity contribution in [3.05, 3.63) is 78.4 Å². The summed E-state index contributed by atoms with van der Waals surface area (Å²) in [5.41, 5.74) is 4.27. The molecule has 0 spiro atoms. The number of amides is 1. The maximum Gasteiger partial charge on any atom is 0.263 e. The van der Waals surface area contributed by atoms with Crippen LogP contribution in [0.2, 0.25) is 0 Å². The molecule has 132 valence electrons. The van der Waals surface area contributed by atoms with E-state index in [1.54, 1.807) is 6.21 Å². The highest BCUT2D eigenvalue weighted by molar-refractivity contribution is 5.99. The Kier molecular flexibility index (Phi) is 4.65. The number of nitrogens with zero attached hydrogens (tertiary/aromatic N) is 5. The Labute approximate surface area is 155 Å². The van der Waals surface area contributed by atoms with Gasteiger partial charge in [-0.1, -0.05) is 72.8 Å². The minimum absolute atomic E-state index is 0.0628. The fraction of sp³-hybridized carbons (Fsp3) is 0.0500. The number of rotatable bonds is 5. The van der Waals surface area contributed by atoms with E-state index in [1.165, 1.54) is 4.80 Å². The molecule has 0 saturated carbocycles. The number of aromatic nitrogens is 4. The van der Waals surface area contributed by atoms with Gasteiger partial charge in [-0.05, 0) is 16.0 Å². The molecule has 0 unspecified atom stereocenters. The van der Waals surface area contributed by atoms with Gasteiger partial charge in [-0.25, -0.2) is 5.43 Å². The van der Waals surface area contributed by atoms with Crippen molar-refractivity contribution in [3.8, 4) is 11.4 Å². The van der Waals surface area contributed by atoms with Gasteiger partial charge < -0.3 is 0 Å². The standard InChI is InChI=1S/C20H16N6O/c27-19(14-26-24-20(23-25-26)16-8-2-1-3-9-16)22-21-13-17-11-6-10-15-7-4-5-12-18(15)17/h1-13H,14H2,(H,22,27). The van der Waals surface area contributed by atoms with Crippen LogP contribution >= 0.6 is 0 Å². The lowest BCUT2D eigenvalue weighted by Gasteiger charge is -2.01. The lowest BCUT2D eigenvalue weighted by molar-refractivity contribution is -0.122. The SMILES string of the molecule is O=C(Cn1nnc(-c2ccccc2)n1)NN=Cc1cccc2ccccc12. The summed E-state index contributed by atoms with van der Waals surface area (Å²) in [5, 5.41) is 18.3. The van der Waals surface area contributed by atoms with Crippen LogP contribution in [-0.4, -0.2) is 32.3 Å². The second-order valence-electron chi connectivity index (χ2n) is 5.87. The molecule has 0 atom stereocenters. The highest BCUT2D eigenvalue weighted by Crippen LogP contribution is 2.16. The van der Waals surface area contributed by atoms with E-state index < -0.39 is 0 Å². The monoisotopic (exact) mass is 356 g/mol. The molecule has 0 radical (unpaired) electrons. The molecule has 0 bridgehead atoms. The summed E-state index contributed by atoms with van der Waals surface area (Å²) in [6.07, 6.45) is 1.63. The molecular formula is C20H16N6O. The van der Waals surface area contributed by atoms with Gasteiger partial charge in [0.15, 0.2) is 0 Å². The molecule has 1 N–H and O–H groups in total. The Morgan fingerprint density at radius 2 is 1.78 bits per heavy atom. The molecule has 3 aromatic carbocycles. The van der Waals surface area contributed by atoms with E-state index >= 15 is 0 Å². The zero-order valence-corrected chi connectivity index (χ0v) is 14.4. The Bertz CT molecular complexity index is 1100. The molecule has 0 fully saturated rings. The zero-order valence-electron chi connectivity index (χ0n) is 14.4. The summed E-state index contributed by atoms with van der Waals surface area (Å²) in [4.78, 5) is 13.3. The quantitative estimate of drug-likeness (QED) is 0.440.